The number of imidazole rings is 1. The number of aryl methyl sites for hydroxylation is 1. The fourth-order valence-electron chi connectivity index (χ4n) is 2.14. The molecule has 1 fully saturated rings. The smallest absolute Gasteiger partial charge is 0.274 e. The molecule has 0 spiro atoms. The van der Waals surface area contributed by atoms with Gasteiger partial charge in [0, 0.05) is 23.8 Å². The highest BCUT2D eigenvalue weighted by Crippen LogP contribution is 2.23. The van der Waals surface area contributed by atoms with Crippen molar-refractivity contribution in [1.82, 2.24) is 19.9 Å². The van der Waals surface area contributed by atoms with Gasteiger partial charge in [-0.2, -0.15) is 0 Å². The molecule has 3 heterocycles. The lowest BCUT2D eigenvalue weighted by atomic mass is 10.2. The highest BCUT2D eigenvalue weighted by Gasteiger charge is 2.31. The van der Waals surface area contributed by atoms with Crippen molar-refractivity contribution in [3.05, 3.63) is 34.3 Å². The first-order chi connectivity index (χ1) is 9.25. The van der Waals surface area contributed by atoms with Crippen molar-refractivity contribution in [3.8, 4) is 0 Å². The van der Waals surface area contributed by atoms with Gasteiger partial charge in [-0.05, 0) is 6.92 Å². The van der Waals surface area contributed by atoms with E-state index in [0.717, 1.165) is 11.5 Å². The summed E-state index contributed by atoms with van der Waals surface area (Å²) in [5.74, 6) is 0.699. The van der Waals surface area contributed by atoms with E-state index in [2.05, 4.69) is 15.0 Å². The van der Waals surface area contributed by atoms with Gasteiger partial charge < -0.3 is 14.6 Å². The first-order valence-corrected chi connectivity index (χ1v) is 6.98. The third-order valence-electron chi connectivity index (χ3n) is 3.08. The molecular weight excluding hydrogens is 264 g/mol. The molecule has 0 radical (unpaired) electrons. The number of aromatic nitrogens is 3. The molecule has 7 heteroatoms. The monoisotopic (exact) mass is 278 g/mol. The maximum atomic E-state index is 12.4. The highest BCUT2D eigenvalue weighted by molar-refractivity contribution is 7.07. The Kier molecular flexibility index (Phi) is 3.31. The minimum absolute atomic E-state index is 0.0661. The van der Waals surface area contributed by atoms with Crippen LogP contribution in [0.4, 0.5) is 0 Å². The third kappa shape index (κ3) is 2.39. The van der Waals surface area contributed by atoms with Crippen LogP contribution in [0.1, 0.15) is 28.0 Å². The molecule has 2 aromatic heterocycles. The molecule has 0 aliphatic carbocycles. The Bertz CT molecular complexity index is 566. The molecule has 1 aliphatic rings. The summed E-state index contributed by atoms with van der Waals surface area (Å²) in [4.78, 5) is 25.8. The first kappa shape index (κ1) is 12.3. The largest absolute Gasteiger partial charge is 0.377 e. The van der Waals surface area contributed by atoms with E-state index in [-0.39, 0.29) is 11.9 Å². The number of H-pyrrole nitrogens is 1. The molecule has 1 saturated heterocycles. The number of carbonyl (C=O) groups excluding carboxylic acids is 1. The molecule has 2 aromatic rings. The van der Waals surface area contributed by atoms with Crippen molar-refractivity contribution in [2.24, 2.45) is 0 Å². The number of nitrogens with zero attached hydrogens (tertiary/aromatic N) is 3. The molecule has 6 nitrogen and oxygen atoms in total. The van der Waals surface area contributed by atoms with Crippen LogP contribution in [0.3, 0.4) is 0 Å². The Morgan fingerprint density at radius 1 is 1.58 bits per heavy atom. The van der Waals surface area contributed by atoms with Crippen molar-refractivity contribution in [2.75, 3.05) is 19.8 Å². The summed E-state index contributed by atoms with van der Waals surface area (Å²) in [5, 5.41) is 1.77. The van der Waals surface area contributed by atoms with E-state index in [4.69, 9.17) is 4.74 Å². The molecule has 0 saturated carbocycles. The summed E-state index contributed by atoms with van der Waals surface area (Å²) in [6.07, 6.45) is 1.76. The Hall–Kier alpha value is -1.73. The van der Waals surface area contributed by atoms with E-state index in [1.165, 1.54) is 11.3 Å². The number of morpholine rings is 1. The van der Waals surface area contributed by atoms with Gasteiger partial charge in [0.2, 0.25) is 0 Å². The number of rotatable bonds is 2. The molecule has 100 valence electrons. The predicted molar refractivity (Wildman–Crippen MR) is 70.0 cm³/mol. The Morgan fingerprint density at radius 3 is 3.16 bits per heavy atom. The van der Waals surface area contributed by atoms with Crippen molar-refractivity contribution in [1.29, 1.82) is 0 Å². The summed E-state index contributed by atoms with van der Waals surface area (Å²) in [5.41, 5.74) is 3.13. The normalized spacial score (nSPS) is 19.6. The fraction of sp³-hybridized carbons (Fsp3) is 0.417. The standard InChI is InChI=1S/C12H14N4O2S/c1-8-4-13-11(15-8)10-5-18-3-2-16(10)12(17)9-6-19-7-14-9/h4,6-7,10H,2-3,5H2,1H3,(H,13,15)/t10-/m1/s1. The van der Waals surface area contributed by atoms with Crippen molar-refractivity contribution < 1.29 is 9.53 Å². The molecule has 1 atom stereocenters. The van der Waals surface area contributed by atoms with Crippen LogP contribution in [0, 0.1) is 6.92 Å². The molecule has 1 aliphatic heterocycles. The van der Waals surface area contributed by atoms with Crippen LogP contribution in [-0.4, -0.2) is 45.5 Å². The average molecular weight is 278 g/mol. The molecule has 1 N–H and O–H groups in total. The Balaban J connectivity index is 1.87. The van der Waals surface area contributed by atoms with Crippen LogP contribution in [-0.2, 0) is 4.74 Å². The minimum atomic E-state index is -0.170. The Morgan fingerprint density at radius 2 is 2.47 bits per heavy atom. The van der Waals surface area contributed by atoms with E-state index in [9.17, 15) is 4.79 Å². The van der Waals surface area contributed by atoms with Crippen molar-refractivity contribution in [3.63, 3.8) is 0 Å². The maximum Gasteiger partial charge on any atom is 0.274 e. The number of hydrogen-bond acceptors (Lipinski definition) is 5. The minimum Gasteiger partial charge on any atom is -0.377 e. The van der Waals surface area contributed by atoms with Crippen LogP contribution in [0.25, 0.3) is 0 Å². The summed E-state index contributed by atoms with van der Waals surface area (Å²) >= 11 is 1.42. The highest BCUT2D eigenvalue weighted by atomic mass is 32.1. The molecule has 19 heavy (non-hydrogen) atoms. The second-order valence-electron chi connectivity index (χ2n) is 4.41. The van der Waals surface area contributed by atoms with Gasteiger partial charge in [0.05, 0.1) is 18.7 Å². The lowest BCUT2D eigenvalue weighted by Crippen LogP contribution is -2.44. The second-order valence-corrected chi connectivity index (χ2v) is 5.13. The zero-order valence-electron chi connectivity index (χ0n) is 10.5. The summed E-state index contributed by atoms with van der Waals surface area (Å²) in [6, 6.07) is -0.170. The average Bonchev–Trinajstić information content (AvgIpc) is 3.09. The van der Waals surface area contributed by atoms with Gasteiger partial charge >= 0.3 is 0 Å². The maximum absolute atomic E-state index is 12.4. The predicted octanol–water partition coefficient (Wildman–Crippen LogP) is 1.39. The Labute approximate surface area is 114 Å². The third-order valence-corrected chi connectivity index (χ3v) is 3.67. The van der Waals surface area contributed by atoms with E-state index in [1.807, 2.05) is 6.92 Å². The first-order valence-electron chi connectivity index (χ1n) is 6.04. The SMILES string of the molecule is Cc1cnc([C@H]2COCCN2C(=O)c2cscn2)[nH]1. The number of amides is 1. The quantitative estimate of drug-likeness (QED) is 0.901. The van der Waals surface area contributed by atoms with E-state index < -0.39 is 0 Å². The van der Waals surface area contributed by atoms with Crippen LogP contribution < -0.4 is 0 Å². The van der Waals surface area contributed by atoms with E-state index >= 15 is 0 Å². The summed E-state index contributed by atoms with van der Waals surface area (Å²) in [6.45, 7) is 3.50. The van der Waals surface area contributed by atoms with Crippen molar-refractivity contribution >= 4 is 17.2 Å². The van der Waals surface area contributed by atoms with Gasteiger partial charge in [-0.3, -0.25) is 4.79 Å². The summed E-state index contributed by atoms with van der Waals surface area (Å²) in [7, 11) is 0. The van der Waals surface area contributed by atoms with Gasteiger partial charge in [0.25, 0.3) is 5.91 Å². The number of carbonyl (C=O) groups is 1. The molecule has 0 unspecified atom stereocenters. The van der Waals surface area contributed by atoms with Gasteiger partial charge in [0.1, 0.15) is 17.6 Å². The van der Waals surface area contributed by atoms with Gasteiger partial charge in [-0.1, -0.05) is 0 Å². The molecule has 3 rings (SSSR count). The fourth-order valence-corrected chi connectivity index (χ4v) is 2.67. The molecular formula is C12H14N4O2S. The van der Waals surface area contributed by atoms with Crippen LogP contribution in [0.5, 0.6) is 0 Å². The second kappa shape index (κ2) is 5.10. The number of ether oxygens (including phenoxy) is 1. The lowest BCUT2D eigenvalue weighted by Gasteiger charge is -2.33. The summed E-state index contributed by atoms with van der Waals surface area (Å²) < 4.78 is 5.47. The number of aromatic amines is 1. The topological polar surface area (TPSA) is 71.1 Å². The lowest BCUT2D eigenvalue weighted by molar-refractivity contribution is -0.00527. The van der Waals surface area contributed by atoms with Gasteiger partial charge in [-0.25, -0.2) is 9.97 Å². The number of nitrogens with one attached hydrogen (secondary N) is 1. The van der Waals surface area contributed by atoms with E-state index in [0.29, 0.717) is 25.5 Å². The number of thiazole rings is 1. The van der Waals surface area contributed by atoms with Crippen LogP contribution in [0.15, 0.2) is 17.1 Å². The van der Waals surface area contributed by atoms with Gasteiger partial charge in [0.15, 0.2) is 0 Å². The molecule has 0 bridgehead atoms. The van der Waals surface area contributed by atoms with E-state index in [1.54, 1.807) is 22.0 Å². The molecule has 0 aromatic carbocycles. The number of hydrogen-bond donors (Lipinski definition) is 1. The zero-order valence-corrected chi connectivity index (χ0v) is 11.3. The zero-order chi connectivity index (χ0) is 13.2. The van der Waals surface area contributed by atoms with Crippen LogP contribution in [0.2, 0.25) is 0 Å². The van der Waals surface area contributed by atoms with Gasteiger partial charge in [-0.15, -0.1) is 11.3 Å². The van der Waals surface area contributed by atoms with Crippen molar-refractivity contribution in [2.45, 2.75) is 13.0 Å². The molecule has 1 amide bonds. The van der Waals surface area contributed by atoms with Crippen LogP contribution >= 0.6 is 11.3 Å².